The summed E-state index contributed by atoms with van der Waals surface area (Å²) in [6.07, 6.45) is 6.80. The highest BCUT2D eigenvalue weighted by molar-refractivity contribution is 5.83. The lowest BCUT2D eigenvalue weighted by Gasteiger charge is -2.28. The van der Waals surface area contributed by atoms with Gasteiger partial charge in [0.2, 0.25) is 11.9 Å². The van der Waals surface area contributed by atoms with Crippen LogP contribution in [0.15, 0.2) is 48.8 Å². The number of carbonyl (C=O) groups excluding carboxylic acids is 1. The molecule has 1 saturated heterocycles. The van der Waals surface area contributed by atoms with Crippen molar-refractivity contribution in [1.82, 2.24) is 24.6 Å². The van der Waals surface area contributed by atoms with E-state index in [1.807, 2.05) is 43.3 Å². The third kappa shape index (κ3) is 4.72. The molecule has 1 aromatic carbocycles. The number of hydrogen-bond donors (Lipinski definition) is 0. The first kappa shape index (κ1) is 22.3. The van der Waals surface area contributed by atoms with E-state index in [-0.39, 0.29) is 12.5 Å². The summed E-state index contributed by atoms with van der Waals surface area (Å²) in [5, 5.41) is 4.42. The number of ether oxygens (including phenoxy) is 1. The van der Waals surface area contributed by atoms with E-state index in [2.05, 4.69) is 44.2 Å². The van der Waals surface area contributed by atoms with Crippen molar-refractivity contribution in [2.45, 2.75) is 26.8 Å². The molecule has 4 heterocycles. The Balaban J connectivity index is 1.30. The maximum atomic E-state index is 12.8. The van der Waals surface area contributed by atoms with E-state index in [0.717, 1.165) is 48.0 Å². The molecule has 176 valence electrons. The minimum atomic E-state index is 0.0990. The number of aromatic nitrogens is 4. The number of morpholine rings is 1. The lowest BCUT2D eigenvalue weighted by molar-refractivity contribution is -0.131. The molecule has 5 rings (SSSR count). The van der Waals surface area contributed by atoms with E-state index in [0.29, 0.717) is 26.3 Å². The first-order valence-electron chi connectivity index (χ1n) is 11.8. The average molecular weight is 459 g/mol. The molecule has 8 heteroatoms. The average Bonchev–Trinajstić information content (AvgIpc) is 3.21. The first-order valence-corrected chi connectivity index (χ1v) is 11.8. The number of anilines is 1. The van der Waals surface area contributed by atoms with Gasteiger partial charge in [-0.3, -0.25) is 9.48 Å². The Morgan fingerprint density at radius 1 is 1.03 bits per heavy atom. The van der Waals surface area contributed by atoms with E-state index in [1.165, 1.54) is 11.1 Å². The Morgan fingerprint density at radius 2 is 1.76 bits per heavy atom. The molecule has 0 unspecified atom stereocenters. The normalized spacial score (nSPS) is 16.5. The number of carbonyl (C=O) groups is 1. The summed E-state index contributed by atoms with van der Waals surface area (Å²) in [6.45, 7) is 8.57. The van der Waals surface area contributed by atoms with Crippen molar-refractivity contribution in [2.24, 2.45) is 0 Å². The molecule has 0 atom stereocenters. The Bertz CT molecular complexity index is 1190. The number of aryl methyl sites for hydroxylation is 2. The number of amides is 1. The smallest absolute Gasteiger partial charge is 0.244 e. The van der Waals surface area contributed by atoms with E-state index >= 15 is 0 Å². The molecule has 0 N–H and O–H groups in total. The van der Waals surface area contributed by atoms with E-state index in [1.54, 1.807) is 4.68 Å². The molecule has 2 aromatic heterocycles. The topological polar surface area (TPSA) is 76.4 Å². The van der Waals surface area contributed by atoms with Crippen LogP contribution in [0, 0.1) is 13.8 Å². The van der Waals surface area contributed by atoms with Gasteiger partial charge in [0.05, 0.1) is 18.9 Å². The highest BCUT2D eigenvalue weighted by atomic mass is 16.5. The molecule has 3 aromatic rings. The van der Waals surface area contributed by atoms with Gasteiger partial charge in [-0.25, -0.2) is 9.97 Å². The van der Waals surface area contributed by atoms with Crippen molar-refractivity contribution in [3.8, 4) is 11.1 Å². The zero-order valence-electron chi connectivity index (χ0n) is 19.8. The lowest BCUT2D eigenvalue weighted by Crippen LogP contribution is -2.37. The molecule has 0 spiro atoms. The van der Waals surface area contributed by atoms with Crippen LogP contribution in [-0.2, 0) is 16.1 Å². The van der Waals surface area contributed by atoms with Crippen LogP contribution in [0.2, 0.25) is 0 Å². The Kier molecular flexibility index (Phi) is 6.40. The third-order valence-electron chi connectivity index (χ3n) is 6.47. The summed E-state index contributed by atoms with van der Waals surface area (Å²) in [7, 11) is 0. The van der Waals surface area contributed by atoms with Crippen molar-refractivity contribution in [3.63, 3.8) is 0 Å². The second kappa shape index (κ2) is 9.77. The molecular weight excluding hydrogens is 428 g/mol. The van der Waals surface area contributed by atoms with Crippen molar-refractivity contribution < 1.29 is 9.53 Å². The van der Waals surface area contributed by atoms with Crippen LogP contribution in [0.3, 0.4) is 0 Å². The fourth-order valence-electron chi connectivity index (χ4n) is 4.61. The number of benzene rings is 1. The molecule has 0 radical (unpaired) electrons. The van der Waals surface area contributed by atoms with Gasteiger partial charge in [0.15, 0.2) is 0 Å². The number of nitrogens with zero attached hydrogens (tertiary/aromatic N) is 6. The van der Waals surface area contributed by atoms with Gasteiger partial charge in [0, 0.05) is 49.8 Å². The molecule has 1 amide bonds. The van der Waals surface area contributed by atoms with Gasteiger partial charge >= 0.3 is 0 Å². The van der Waals surface area contributed by atoms with Crippen LogP contribution in [0.1, 0.15) is 23.4 Å². The zero-order chi connectivity index (χ0) is 23.5. The predicted molar refractivity (Wildman–Crippen MR) is 131 cm³/mol. The monoisotopic (exact) mass is 458 g/mol. The highest BCUT2D eigenvalue weighted by Gasteiger charge is 2.21. The van der Waals surface area contributed by atoms with Crippen LogP contribution >= 0.6 is 0 Å². The molecule has 2 aliphatic heterocycles. The zero-order valence-corrected chi connectivity index (χ0v) is 19.8. The molecule has 0 aliphatic carbocycles. The second-order valence-corrected chi connectivity index (χ2v) is 8.82. The Morgan fingerprint density at radius 3 is 2.41 bits per heavy atom. The molecule has 34 heavy (non-hydrogen) atoms. The maximum absolute atomic E-state index is 12.8. The lowest BCUT2D eigenvalue weighted by atomic mass is 9.92. The fraction of sp³-hybridized carbons (Fsp3) is 0.385. The van der Waals surface area contributed by atoms with Gasteiger partial charge < -0.3 is 14.5 Å². The minimum Gasteiger partial charge on any atom is -0.378 e. The van der Waals surface area contributed by atoms with Crippen LogP contribution in [0.4, 0.5) is 5.95 Å². The number of rotatable bonds is 5. The molecule has 0 saturated carbocycles. The van der Waals surface area contributed by atoms with Crippen molar-refractivity contribution >= 4 is 17.4 Å². The summed E-state index contributed by atoms with van der Waals surface area (Å²) < 4.78 is 7.21. The van der Waals surface area contributed by atoms with E-state index in [9.17, 15) is 4.79 Å². The van der Waals surface area contributed by atoms with Crippen molar-refractivity contribution in [2.75, 3.05) is 44.3 Å². The largest absolute Gasteiger partial charge is 0.378 e. The summed E-state index contributed by atoms with van der Waals surface area (Å²) in [4.78, 5) is 26.1. The SMILES string of the molecule is Cc1cc(C)n(CC(=O)N2CC=C(c3ccccc3-c3cnc(N4CCOCC4)nc3)CC2)n1. The molecule has 0 bridgehead atoms. The van der Waals surface area contributed by atoms with Crippen LogP contribution < -0.4 is 4.90 Å². The quantitative estimate of drug-likeness (QED) is 0.585. The second-order valence-electron chi connectivity index (χ2n) is 8.82. The Hall–Kier alpha value is -3.52. The summed E-state index contributed by atoms with van der Waals surface area (Å²) >= 11 is 0. The van der Waals surface area contributed by atoms with Gasteiger partial charge in [-0.1, -0.05) is 30.3 Å². The molecular formula is C26H30N6O2. The Labute approximate surface area is 199 Å². The summed E-state index contributed by atoms with van der Waals surface area (Å²) in [5.41, 5.74) is 6.49. The number of hydrogen-bond acceptors (Lipinski definition) is 6. The van der Waals surface area contributed by atoms with E-state index in [4.69, 9.17) is 4.74 Å². The van der Waals surface area contributed by atoms with Crippen LogP contribution in [0.5, 0.6) is 0 Å². The summed E-state index contributed by atoms with van der Waals surface area (Å²) in [6, 6.07) is 10.4. The standard InChI is InChI=1S/C26H30N6O2/c1-19-15-20(2)32(29-19)18-25(33)30-9-7-21(8-10-30)23-5-3-4-6-24(23)22-16-27-26(28-17-22)31-11-13-34-14-12-31/h3-7,15-17H,8-14,18H2,1-2H3. The first-order chi connectivity index (χ1) is 16.6. The van der Waals surface area contributed by atoms with Crippen LogP contribution in [0.25, 0.3) is 16.7 Å². The summed E-state index contributed by atoms with van der Waals surface area (Å²) in [5.74, 6) is 0.847. The van der Waals surface area contributed by atoms with Crippen LogP contribution in [-0.4, -0.2) is 69.9 Å². The third-order valence-corrected chi connectivity index (χ3v) is 6.47. The van der Waals surface area contributed by atoms with Gasteiger partial charge in [-0.15, -0.1) is 0 Å². The van der Waals surface area contributed by atoms with Gasteiger partial charge in [0.25, 0.3) is 0 Å². The fourth-order valence-corrected chi connectivity index (χ4v) is 4.61. The minimum absolute atomic E-state index is 0.0990. The van der Waals surface area contributed by atoms with Gasteiger partial charge in [-0.2, -0.15) is 5.10 Å². The van der Waals surface area contributed by atoms with E-state index < -0.39 is 0 Å². The maximum Gasteiger partial charge on any atom is 0.244 e. The predicted octanol–water partition coefficient (Wildman–Crippen LogP) is 3.11. The van der Waals surface area contributed by atoms with Crippen molar-refractivity contribution in [3.05, 3.63) is 65.8 Å². The van der Waals surface area contributed by atoms with Crippen molar-refractivity contribution in [1.29, 1.82) is 0 Å². The van der Waals surface area contributed by atoms with Gasteiger partial charge in [0.1, 0.15) is 6.54 Å². The molecule has 2 aliphatic rings. The molecule has 1 fully saturated rings. The van der Waals surface area contributed by atoms with Gasteiger partial charge in [-0.05, 0) is 43.0 Å². The molecule has 8 nitrogen and oxygen atoms in total. The highest BCUT2D eigenvalue weighted by Crippen LogP contribution is 2.32.